The molecule has 0 amide bonds. The third kappa shape index (κ3) is 3.47. The molecule has 1 N–H and O–H groups in total. The highest BCUT2D eigenvalue weighted by molar-refractivity contribution is 9.10. The topological polar surface area (TPSA) is 50.7 Å². The molecule has 0 atom stereocenters. The van der Waals surface area contributed by atoms with Crippen molar-refractivity contribution in [1.29, 1.82) is 0 Å². The Morgan fingerprint density at radius 3 is 2.94 bits per heavy atom. The first-order valence-electron chi connectivity index (χ1n) is 5.33. The number of hydrogen-bond acceptors (Lipinski definition) is 5. The molecule has 0 radical (unpaired) electrons. The molecule has 4 nitrogen and oxygen atoms in total. The van der Waals surface area contributed by atoms with Gasteiger partial charge in [-0.2, -0.15) is 4.37 Å². The Kier molecular flexibility index (Phi) is 4.06. The molecule has 0 spiro atoms. The number of nitrogens with one attached hydrogen (secondary N) is 1. The van der Waals surface area contributed by atoms with Crippen LogP contribution >= 0.6 is 27.5 Å². The Morgan fingerprint density at radius 2 is 2.29 bits per heavy atom. The first-order valence-corrected chi connectivity index (χ1v) is 6.89. The Labute approximate surface area is 113 Å². The summed E-state index contributed by atoms with van der Waals surface area (Å²) in [5.41, 5.74) is 1.16. The maximum absolute atomic E-state index is 4.42. The average Bonchev–Trinajstić information content (AvgIpc) is 2.75. The summed E-state index contributed by atoms with van der Waals surface area (Å²) < 4.78 is 5.14. The van der Waals surface area contributed by atoms with E-state index in [9.17, 15) is 0 Å². The molecular formula is C11H13BrN4S. The summed E-state index contributed by atoms with van der Waals surface area (Å²) >= 11 is 4.75. The van der Waals surface area contributed by atoms with E-state index in [1.165, 1.54) is 11.5 Å². The number of pyridine rings is 1. The standard InChI is InChI=1S/C11H13BrN4S/c1-7(2)10-15-11(17-16-10)14-6-8-3-4-13-9(12)5-8/h3-5,7H,6H2,1-2H3,(H,14,15,16). The van der Waals surface area contributed by atoms with Crippen LogP contribution < -0.4 is 5.32 Å². The predicted molar refractivity (Wildman–Crippen MR) is 73.3 cm³/mol. The molecule has 2 heterocycles. The van der Waals surface area contributed by atoms with Gasteiger partial charge in [-0.3, -0.25) is 0 Å². The lowest BCUT2D eigenvalue weighted by molar-refractivity contribution is 0.799. The zero-order valence-electron chi connectivity index (χ0n) is 9.64. The van der Waals surface area contributed by atoms with Crippen LogP contribution in [-0.4, -0.2) is 14.3 Å². The van der Waals surface area contributed by atoms with Crippen molar-refractivity contribution in [3.8, 4) is 0 Å². The Morgan fingerprint density at radius 1 is 1.47 bits per heavy atom. The second-order valence-electron chi connectivity index (χ2n) is 3.95. The van der Waals surface area contributed by atoms with Gasteiger partial charge >= 0.3 is 0 Å². The molecule has 0 saturated heterocycles. The molecule has 0 saturated carbocycles. The number of halogens is 1. The van der Waals surface area contributed by atoms with E-state index in [2.05, 4.69) is 49.4 Å². The van der Waals surface area contributed by atoms with E-state index in [0.717, 1.165) is 27.7 Å². The molecule has 0 fully saturated rings. The van der Waals surface area contributed by atoms with E-state index in [-0.39, 0.29) is 0 Å². The lowest BCUT2D eigenvalue weighted by Gasteiger charge is -2.02. The first kappa shape index (κ1) is 12.4. The van der Waals surface area contributed by atoms with Crippen molar-refractivity contribution in [2.75, 3.05) is 5.32 Å². The summed E-state index contributed by atoms with van der Waals surface area (Å²) in [5.74, 6) is 1.27. The van der Waals surface area contributed by atoms with Crippen LogP contribution in [0.4, 0.5) is 5.13 Å². The highest BCUT2D eigenvalue weighted by Gasteiger charge is 2.07. The number of rotatable bonds is 4. The zero-order chi connectivity index (χ0) is 12.3. The summed E-state index contributed by atoms with van der Waals surface area (Å²) in [6.45, 7) is 4.91. The van der Waals surface area contributed by atoms with Crippen molar-refractivity contribution < 1.29 is 0 Å². The van der Waals surface area contributed by atoms with Crippen molar-refractivity contribution >= 4 is 32.6 Å². The molecular weight excluding hydrogens is 300 g/mol. The van der Waals surface area contributed by atoms with E-state index in [4.69, 9.17) is 0 Å². The summed E-state index contributed by atoms with van der Waals surface area (Å²) in [5, 5.41) is 4.12. The molecule has 0 aliphatic carbocycles. The largest absolute Gasteiger partial charge is 0.356 e. The van der Waals surface area contributed by atoms with E-state index in [1.807, 2.05) is 12.1 Å². The summed E-state index contributed by atoms with van der Waals surface area (Å²) in [6.07, 6.45) is 1.78. The molecule has 0 aliphatic heterocycles. The fraction of sp³-hybridized carbons (Fsp3) is 0.364. The van der Waals surface area contributed by atoms with E-state index < -0.39 is 0 Å². The summed E-state index contributed by atoms with van der Waals surface area (Å²) in [6, 6.07) is 3.96. The van der Waals surface area contributed by atoms with E-state index in [1.54, 1.807) is 6.20 Å². The van der Waals surface area contributed by atoms with Crippen LogP contribution in [0.2, 0.25) is 0 Å². The van der Waals surface area contributed by atoms with Crippen molar-refractivity contribution in [3.63, 3.8) is 0 Å². The quantitative estimate of drug-likeness (QED) is 0.879. The van der Waals surface area contributed by atoms with Gasteiger partial charge in [-0.05, 0) is 33.6 Å². The monoisotopic (exact) mass is 312 g/mol. The van der Waals surface area contributed by atoms with Crippen LogP contribution in [0.5, 0.6) is 0 Å². The molecule has 0 unspecified atom stereocenters. The van der Waals surface area contributed by atoms with Crippen LogP contribution in [0.1, 0.15) is 31.2 Å². The van der Waals surface area contributed by atoms with Crippen molar-refractivity contribution in [2.45, 2.75) is 26.3 Å². The lowest BCUT2D eigenvalue weighted by Crippen LogP contribution is -1.99. The van der Waals surface area contributed by atoms with Crippen LogP contribution in [0.3, 0.4) is 0 Å². The fourth-order valence-electron chi connectivity index (χ4n) is 1.27. The SMILES string of the molecule is CC(C)c1nsc(NCc2ccnc(Br)c2)n1. The van der Waals surface area contributed by atoms with Crippen LogP contribution in [-0.2, 0) is 6.54 Å². The maximum atomic E-state index is 4.42. The van der Waals surface area contributed by atoms with Gasteiger partial charge in [0.25, 0.3) is 0 Å². The minimum Gasteiger partial charge on any atom is -0.356 e. The second kappa shape index (κ2) is 5.55. The normalized spacial score (nSPS) is 10.8. The van der Waals surface area contributed by atoms with Crippen molar-refractivity contribution in [3.05, 3.63) is 34.3 Å². The molecule has 2 aromatic rings. The average molecular weight is 313 g/mol. The molecule has 6 heteroatoms. The third-order valence-electron chi connectivity index (χ3n) is 2.19. The van der Waals surface area contributed by atoms with Gasteiger partial charge in [0.05, 0.1) is 0 Å². The number of aromatic nitrogens is 3. The van der Waals surface area contributed by atoms with Gasteiger partial charge in [-0.15, -0.1) is 0 Å². The minimum absolute atomic E-state index is 0.372. The first-order chi connectivity index (χ1) is 8.15. The number of hydrogen-bond donors (Lipinski definition) is 1. The molecule has 0 aliphatic rings. The van der Waals surface area contributed by atoms with Crippen molar-refractivity contribution in [2.24, 2.45) is 0 Å². The number of anilines is 1. The fourth-order valence-corrected chi connectivity index (χ4v) is 2.39. The third-order valence-corrected chi connectivity index (χ3v) is 3.31. The molecule has 17 heavy (non-hydrogen) atoms. The van der Waals surface area contributed by atoms with E-state index >= 15 is 0 Å². The van der Waals surface area contributed by atoms with Gasteiger partial charge in [-0.25, -0.2) is 9.97 Å². The molecule has 0 aromatic carbocycles. The van der Waals surface area contributed by atoms with Gasteiger partial charge < -0.3 is 5.32 Å². The number of nitrogens with zero attached hydrogens (tertiary/aromatic N) is 3. The van der Waals surface area contributed by atoms with Crippen LogP contribution in [0, 0.1) is 0 Å². The van der Waals surface area contributed by atoms with Gasteiger partial charge in [0, 0.05) is 30.2 Å². The highest BCUT2D eigenvalue weighted by atomic mass is 79.9. The molecule has 0 bridgehead atoms. The Bertz CT molecular complexity index is 498. The highest BCUT2D eigenvalue weighted by Crippen LogP contribution is 2.18. The molecule has 2 aromatic heterocycles. The molecule has 2 rings (SSSR count). The zero-order valence-corrected chi connectivity index (χ0v) is 12.0. The van der Waals surface area contributed by atoms with Gasteiger partial charge in [0.1, 0.15) is 10.4 Å². The summed E-state index contributed by atoms with van der Waals surface area (Å²) in [7, 11) is 0. The predicted octanol–water partition coefficient (Wildman–Crippen LogP) is 3.43. The Balaban J connectivity index is 1.97. The molecule has 90 valence electrons. The van der Waals surface area contributed by atoms with E-state index in [0.29, 0.717) is 5.92 Å². The smallest absolute Gasteiger partial charge is 0.202 e. The van der Waals surface area contributed by atoms with Gasteiger partial charge in [0.2, 0.25) is 5.13 Å². The second-order valence-corrected chi connectivity index (χ2v) is 5.52. The van der Waals surface area contributed by atoms with Crippen LogP contribution in [0.15, 0.2) is 22.9 Å². The van der Waals surface area contributed by atoms with Gasteiger partial charge in [0.15, 0.2) is 0 Å². The lowest BCUT2D eigenvalue weighted by atomic mass is 10.2. The van der Waals surface area contributed by atoms with Gasteiger partial charge in [-0.1, -0.05) is 13.8 Å². The minimum atomic E-state index is 0.372. The summed E-state index contributed by atoms with van der Waals surface area (Å²) in [4.78, 5) is 8.50. The van der Waals surface area contributed by atoms with Crippen LogP contribution in [0.25, 0.3) is 0 Å². The van der Waals surface area contributed by atoms with Crippen molar-refractivity contribution in [1.82, 2.24) is 14.3 Å². The Hall–Kier alpha value is -1.01. The maximum Gasteiger partial charge on any atom is 0.202 e.